The van der Waals surface area contributed by atoms with Gasteiger partial charge in [0.2, 0.25) is 5.91 Å². The minimum atomic E-state index is -0.391. The van der Waals surface area contributed by atoms with Crippen LogP contribution in [-0.4, -0.2) is 52.5 Å². The van der Waals surface area contributed by atoms with Gasteiger partial charge in [-0.05, 0) is 55.5 Å². The lowest BCUT2D eigenvalue weighted by Crippen LogP contribution is -2.61. The number of benzene rings is 2. The molecule has 0 aromatic heterocycles. The normalized spacial score (nSPS) is 21.6. The number of hydrogen-bond donors (Lipinski definition) is 1. The van der Waals surface area contributed by atoms with Gasteiger partial charge < -0.3 is 9.80 Å². The maximum Gasteiger partial charge on any atom is 0.253 e. The van der Waals surface area contributed by atoms with Gasteiger partial charge in [-0.2, -0.15) is 0 Å². The molecule has 6 heteroatoms. The van der Waals surface area contributed by atoms with Crippen LogP contribution >= 0.6 is 11.6 Å². The van der Waals surface area contributed by atoms with Gasteiger partial charge in [0.1, 0.15) is 0 Å². The van der Waals surface area contributed by atoms with Gasteiger partial charge in [-0.25, -0.2) is 0 Å². The van der Waals surface area contributed by atoms with Crippen molar-refractivity contribution < 1.29 is 9.59 Å². The molecule has 0 saturated carbocycles. The Kier molecular flexibility index (Phi) is 7.63. The van der Waals surface area contributed by atoms with Gasteiger partial charge >= 0.3 is 0 Å². The maximum absolute atomic E-state index is 13.7. The van der Waals surface area contributed by atoms with E-state index >= 15 is 0 Å². The van der Waals surface area contributed by atoms with Crippen LogP contribution in [-0.2, 0) is 11.2 Å². The molecule has 0 radical (unpaired) electrons. The molecule has 0 aliphatic carbocycles. The number of aryl methyl sites for hydroxylation is 1. The molecule has 2 aromatic carbocycles. The van der Waals surface area contributed by atoms with E-state index in [1.54, 1.807) is 24.3 Å². The van der Waals surface area contributed by atoms with Crippen molar-refractivity contribution >= 4 is 23.4 Å². The van der Waals surface area contributed by atoms with E-state index in [0.717, 1.165) is 32.1 Å². The second-order valence-corrected chi connectivity index (χ2v) is 10.4. The zero-order valence-electron chi connectivity index (χ0n) is 20.5. The molecule has 2 heterocycles. The summed E-state index contributed by atoms with van der Waals surface area (Å²) in [6.07, 6.45) is 4.28. The topological polar surface area (TPSA) is 52.7 Å². The third-order valence-electron chi connectivity index (χ3n) is 7.71. The lowest BCUT2D eigenvalue weighted by Gasteiger charge is -2.47. The van der Waals surface area contributed by atoms with Crippen LogP contribution < -0.4 is 5.32 Å². The highest BCUT2D eigenvalue weighted by Crippen LogP contribution is 2.37. The predicted molar refractivity (Wildman–Crippen MR) is 137 cm³/mol. The van der Waals surface area contributed by atoms with E-state index in [1.165, 1.54) is 5.56 Å². The van der Waals surface area contributed by atoms with E-state index in [4.69, 9.17) is 11.6 Å². The quantitative estimate of drug-likeness (QED) is 0.595. The van der Waals surface area contributed by atoms with Gasteiger partial charge in [-0.1, -0.05) is 62.2 Å². The molecule has 0 bridgehead atoms. The maximum atomic E-state index is 13.7. The van der Waals surface area contributed by atoms with Crippen molar-refractivity contribution in [1.82, 2.24) is 15.1 Å². The van der Waals surface area contributed by atoms with Gasteiger partial charge in [0.05, 0.1) is 11.7 Å². The van der Waals surface area contributed by atoms with Crippen molar-refractivity contribution in [3.05, 3.63) is 70.7 Å². The van der Waals surface area contributed by atoms with Crippen molar-refractivity contribution in [2.75, 3.05) is 13.1 Å². The van der Waals surface area contributed by atoms with Crippen LogP contribution in [0.3, 0.4) is 0 Å². The van der Waals surface area contributed by atoms with Gasteiger partial charge in [-0.3, -0.25) is 14.9 Å². The number of nitrogens with zero attached hydrogens (tertiary/aromatic N) is 2. The minimum absolute atomic E-state index is 0.0259. The number of nitrogens with one attached hydrogen (secondary N) is 1. The summed E-state index contributed by atoms with van der Waals surface area (Å²) in [7, 11) is 0. The summed E-state index contributed by atoms with van der Waals surface area (Å²) in [5, 5.41) is 4.39. The molecular formula is C28H36ClN3O2. The van der Waals surface area contributed by atoms with Crippen molar-refractivity contribution in [2.24, 2.45) is 5.92 Å². The Labute approximate surface area is 208 Å². The predicted octanol–water partition coefficient (Wildman–Crippen LogP) is 5.14. The summed E-state index contributed by atoms with van der Waals surface area (Å²) in [6, 6.07) is 17.5. The fourth-order valence-electron chi connectivity index (χ4n) is 5.43. The molecule has 1 spiro atoms. The van der Waals surface area contributed by atoms with Crippen molar-refractivity contribution in [3.63, 3.8) is 0 Å². The van der Waals surface area contributed by atoms with Crippen LogP contribution in [0.1, 0.15) is 62.4 Å². The number of rotatable bonds is 7. The van der Waals surface area contributed by atoms with Crippen LogP contribution in [0.4, 0.5) is 0 Å². The fourth-order valence-corrected chi connectivity index (χ4v) is 5.56. The van der Waals surface area contributed by atoms with Gasteiger partial charge in [0.25, 0.3) is 5.91 Å². The lowest BCUT2D eigenvalue weighted by atomic mass is 9.93. The number of halogens is 1. The monoisotopic (exact) mass is 481 g/mol. The largest absolute Gasteiger partial charge is 0.338 e. The van der Waals surface area contributed by atoms with E-state index in [-0.39, 0.29) is 29.8 Å². The Balaban J connectivity index is 1.49. The van der Waals surface area contributed by atoms with Gasteiger partial charge in [0, 0.05) is 42.6 Å². The summed E-state index contributed by atoms with van der Waals surface area (Å²) in [5.41, 5.74) is 1.56. The summed E-state index contributed by atoms with van der Waals surface area (Å²) in [6.45, 7) is 7.71. The average molecular weight is 482 g/mol. The molecule has 2 fully saturated rings. The zero-order chi connectivity index (χ0) is 24.3. The molecule has 34 heavy (non-hydrogen) atoms. The van der Waals surface area contributed by atoms with Crippen LogP contribution in [0.25, 0.3) is 0 Å². The first-order valence-corrected chi connectivity index (χ1v) is 12.9. The standard InChI is InChI=1S/C28H36ClN3O2/c1-4-20(2)25-27(34)32(21(3)10-11-22-8-6-5-7-9-22)28(30-25)16-18-31(19-17-28)26(33)23-12-14-24(29)15-13-23/h5-9,12-15,20-21,25,30H,4,10-11,16-19H2,1-3H3. The summed E-state index contributed by atoms with van der Waals surface area (Å²) in [5.74, 6) is 0.509. The smallest absolute Gasteiger partial charge is 0.253 e. The number of likely N-dealkylation sites (tertiary alicyclic amines) is 1. The summed E-state index contributed by atoms with van der Waals surface area (Å²) >= 11 is 5.99. The Morgan fingerprint density at radius 3 is 2.35 bits per heavy atom. The van der Waals surface area contributed by atoms with Gasteiger partial charge in [0.15, 0.2) is 0 Å². The van der Waals surface area contributed by atoms with Gasteiger partial charge in [-0.15, -0.1) is 0 Å². The Bertz CT molecular complexity index is 986. The lowest BCUT2D eigenvalue weighted by molar-refractivity contribution is -0.136. The SMILES string of the molecule is CCC(C)C1NC2(CCN(C(=O)c3ccc(Cl)cc3)CC2)N(C(C)CCc2ccccc2)C1=O. The van der Waals surface area contributed by atoms with E-state index in [9.17, 15) is 9.59 Å². The third kappa shape index (κ3) is 5.01. The van der Waals surface area contributed by atoms with E-state index < -0.39 is 5.66 Å². The molecule has 2 saturated heterocycles. The zero-order valence-corrected chi connectivity index (χ0v) is 21.2. The summed E-state index contributed by atoms with van der Waals surface area (Å²) in [4.78, 5) is 30.8. The number of piperidine rings is 1. The molecule has 5 nitrogen and oxygen atoms in total. The number of carbonyl (C=O) groups excluding carboxylic acids is 2. The average Bonchev–Trinajstić information content (AvgIpc) is 3.14. The molecule has 4 rings (SSSR count). The molecule has 2 aromatic rings. The Hall–Kier alpha value is -2.37. The van der Waals surface area contributed by atoms with Crippen molar-refractivity contribution in [1.29, 1.82) is 0 Å². The highest BCUT2D eigenvalue weighted by atomic mass is 35.5. The minimum Gasteiger partial charge on any atom is -0.338 e. The second-order valence-electron chi connectivity index (χ2n) is 9.92. The molecule has 3 atom stereocenters. The fraction of sp³-hybridized carbons (Fsp3) is 0.500. The first-order chi connectivity index (χ1) is 16.3. The number of hydrogen-bond acceptors (Lipinski definition) is 3. The highest BCUT2D eigenvalue weighted by Gasteiger charge is 2.54. The molecular weight excluding hydrogens is 446 g/mol. The molecule has 3 unspecified atom stereocenters. The van der Waals surface area contributed by atoms with E-state index in [2.05, 4.69) is 55.3 Å². The Morgan fingerprint density at radius 1 is 1.09 bits per heavy atom. The van der Waals surface area contributed by atoms with Crippen LogP contribution in [0.2, 0.25) is 5.02 Å². The molecule has 182 valence electrons. The second kappa shape index (κ2) is 10.5. The molecule has 1 N–H and O–H groups in total. The third-order valence-corrected chi connectivity index (χ3v) is 7.96. The van der Waals surface area contributed by atoms with Crippen LogP contribution in [0, 0.1) is 5.92 Å². The van der Waals surface area contributed by atoms with Crippen LogP contribution in [0.15, 0.2) is 54.6 Å². The number of carbonyl (C=O) groups is 2. The van der Waals surface area contributed by atoms with E-state index in [0.29, 0.717) is 23.7 Å². The molecule has 2 aliphatic heterocycles. The van der Waals surface area contributed by atoms with Crippen LogP contribution in [0.5, 0.6) is 0 Å². The molecule has 2 aliphatic rings. The first-order valence-electron chi connectivity index (χ1n) is 12.5. The number of amides is 2. The molecule has 2 amide bonds. The van der Waals surface area contributed by atoms with Crippen molar-refractivity contribution in [2.45, 2.75) is 70.6 Å². The highest BCUT2D eigenvalue weighted by molar-refractivity contribution is 6.30. The summed E-state index contributed by atoms with van der Waals surface area (Å²) < 4.78 is 0. The van der Waals surface area contributed by atoms with Crippen molar-refractivity contribution in [3.8, 4) is 0 Å². The Morgan fingerprint density at radius 2 is 1.74 bits per heavy atom. The van der Waals surface area contributed by atoms with E-state index in [1.807, 2.05) is 11.0 Å². The first kappa shape index (κ1) is 24.7.